The van der Waals surface area contributed by atoms with Crippen LogP contribution in [0.25, 0.3) is 0 Å². The minimum Gasteiger partial charge on any atom is -0.376 e. The maximum atomic E-state index is 4.58. The quantitative estimate of drug-likeness (QED) is 0.845. The second kappa shape index (κ2) is 5.96. The van der Waals surface area contributed by atoms with Crippen LogP contribution in [0, 0.1) is 19.8 Å². The third-order valence-electron chi connectivity index (χ3n) is 4.26. The van der Waals surface area contributed by atoms with Gasteiger partial charge in [0.25, 0.3) is 0 Å². The van der Waals surface area contributed by atoms with Crippen molar-refractivity contribution in [1.29, 1.82) is 0 Å². The van der Waals surface area contributed by atoms with Gasteiger partial charge in [0, 0.05) is 10.6 Å². The fraction of sp³-hybridized carbons (Fsp3) is 0.471. The van der Waals surface area contributed by atoms with Crippen molar-refractivity contribution in [3.05, 3.63) is 45.9 Å². The molecule has 3 rings (SSSR count). The molecule has 1 unspecified atom stereocenters. The third-order valence-corrected chi connectivity index (χ3v) is 5.21. The Hall–Kier alpha value is -1.35. The van der Waals surface area contributed by atoms with Crippen molar-refractivity contribution in [2.45, 2.75) is 45.6 Å². The Morgan fingerprint density at radius 1 is 1.20 bits per heavy atom. The van der Waals surface area contributed by atoms with E-state index in [1.807, 2.05) is 18.3 Å². The highest BCUT2D eigenvalue weighted by molar-refractivity contribution is 7.10. The van der Waals surface area contributed by atoms with E-state index in [0.29, 0.717) is 6.04 Å². The van der Waals surface area contributed by atoms with Crippen molar-refractivity contribution < 1.29 is 0 Å². The number of rotatable bonds is 4. The molecule has 0 bridgehead atoms. The average Bonchev–Trinajstić information content (AvgIpc) is 3.11. The Labute approximate surface area is 125 Å². The summed E-state index contributed by atoms with van der Waals surface area (Å²) in [4.78, 5) is 6.03. The molecule has 2 nitrogen and oxygen atoms in total. The molecule has 1 saturated carbocycles. The van der Waals surface area contributed by atoms with Gasteiger partial charge in [-0.1, -0.05) is 18.9 Å². The van der Waals surface area contributed by atoms with E-state index in [9.17, 15) is 0 Å². The van der Waals surface area contributed by atoms with E-state index in [1.165, 1.54) is 36.2 Å². The van der Waals surface area contributed by atoms with Crippen LogP contribution in [-0.2, 0) is 0 Å². The van der Waals surface area contributed by atoms with Gasteiger partial charge in [0.2, 0.25) is 0 Å². The number of thiophene rings is 1. The highest BCUT2D eigenvalue weighted by Gasteiger charge is 2.27. The number of hydrogen-bond donors (Lipinski definition) is 1. The van der Waals surface area contributed by atoms with Crippen LogP contribution in [0.2, 0.25) is 0 Å². The average molecular weight is 286 g/mol. The topological polar surface area (TPSA) is 24.9 Å². The first-order chi connectivity index (χ1) is 9.74. The Morgan fingerprint density at radius 2 is 2.00 bits per heavy atom. The highest BCUT2D eigenvalue weighted by Crippen LogP contribution is 2.39. The summed E-state index contributed by atoms with van der Waals surface area (Å²) in [5.41, 5.74) is 3.37. The largest absolute Gasteiger partial charge is 0.376 e. The van der Waals surface area contributed by atoms with Crippen LogP contribution >= 0.6 is 11.3 Å². The second-order valence-corrected chi connectivity index (χ2v) is 6.75. The lowest BCUT2D eigenvalue weighted by Crippen LogP contribution is -2.18. The number of aromatic nitrogens is 1. The monoisotopic (exact) mass is 286 g/mol. The normalized spacial score (nSPS) is 17.3. The van der Waals surface area contributed by atoms with E-state index in [1.54, 1.807) is 0 Å². The maximum absolute atomic E-state index is 4.58. The standard InChI is InChI=1S/C17H22N2S/c1-12-9-10-15(13(2)18-12)19-17(14-6-3-4-7-14)16-8-5-11-20-16/h5,8-11,14,17,19H,3-4,6-7H2,1-2H3. The van der Waals surface area contributed by atoms with Crippen molar-refractivity contribution in [2.24, 2.45) is 5.92 Å². The number of aryl methyl sites for hydroxylation is 2. The first-order valence-corrected chi connectivity index (χ1v) is 8.36. The molecule has 106 valence electrons. The first-order valence-electron chi connectivity index (χ1n) is 7.48. The van der Waals surface area contributed by atoms with Gasteiger partial charge in [-0.25, -0.2) is 0 Å². The van der Waals surface area contributed by atoms with Crippen LogP contribution in [0.4, 0.5) is 5.69 Å². The van der Waals surface area contributed by atoms with Gasteiger partial charge in [-0.2, -0.15) is 0 Å². The lowest BCUT2D eigenvalue weighted by Gasteiger charge is -2.25. The second-order valence-electron chi connectivity index (χ2n) is 5.77. The number of hydrogen-bond acceptors (Lipinski definition) is 3. The van der Waals surface area contributed by atoms with Gasteiger partial charge in [-0.05, 0) is 56.2 Å². The van der Waals surface area contributed by atoms with Crippen molar-refractivity contribution >= 4 is 17.0 Å². The molecule has 0 saturated heterocycles. The molecule has 2 aromatic heterocycles. The van der Waals surface area contributed by atoms with Crippen LogP contribution in [-0.4, -0.2) is 4.98 Å². The molecule has 2 aromatic rings. The predicted molar refractivity (Wildman–Crippen MR) is 86.4 cm³/mol. The summed E-state index contributed by atoms with van der Waals surface area (Å²) in [6.07, 6.45) is 5.43. The highest BCUT2D eigenvalue weighted by atomic mass is 32.1. The number of anilines is 1. The van der Waals surface area contributed by atoms with Crippen LogP contribution in [0.15, 0.2) is 29.6 Å². The third kappa shape index (κ3) is 2.88. The molecule has 0 spiro atoms. The molecule has 1 aliphatic rings. The summed E-state index contributed by atoms with van der Waals surface area (Å²) in [7, 11) is 0. The van der Waals surface area contributed by atoms with E-state index in [2.05, 4.69) is 46.9 Å². The molecule has 0 amide bonds. The van der Waals surface area contributed by atoms with Gasteiger partial charge in [-0.15, -0.1) is 11.3 Å². The Balaban J connectivity index is 1.86. The molecule has 0 radical (unpaired) electrons. The van der Waals surface area contributed by atoms with Crippen molar-refractivity contribution in [1.82, 2.24) is 4.98 Å². The van der Waals surface area contributed by atoms with E-state index in [0.717, 1.165) is 17.3 Å². The molecule has 1 aliphatic carbocycles. The molecule has 0 aliphatic heterocycles. The van der Waals surface area contributed by atoms with Gasteiger partial charge in [0.15, 0.2) is 0 Å². The first kappa shape index (κ1) is 13.6. The van der Waals surface area contributed by atoms with Gasteiger partial charge < -0.3 is 5.32 Å². The Kier molecular flexibility index (Phi) is 4.06. The van der Waals surface area contributed by atoms with Crippen molar-refractivity contribution in [3.63, 3.8) is 0 Å². The van der Waals surface area contributed by atoms with Gasteiger partial charge in [0.1, 0.15) is 0 Å². The molecule has 1 N–H and O–H groups in total. The van der Waals surface area contributed by atoms with E-state index in [-0.39, 0.29) is 0 Å². The lowest BCUT2D eigenvalue weighted by atomic mass is 9.96. The summed E-state index contributed by atoms with van der Waals surface area (Å²) >= 11 is 1.86. The van der Waals surface area contributed by atoms with Crippen LogP contribution in [0.3, 0.4) is 0 Å². The minimum absolute atomic E-state index is 0.445. The summed E-state index contributed by atoms with van der Waals surface area (Å²) in [5, 5.41) is 5.95. The molecule has 20 heavy (non-hydrogen) atoms. The molecule has 3 heteroatoms. The van der Waals surface area contributed by atoms with E-state index < -0.39 is 0 Å². The van der Waals surface area contributed by atoms with Crippen molar-refractivity contribution in [2.75, 3.05) is 5.32 Å². The molecule has 1 fully saturated rings. The summed E-state index contributed by atoms with van der Waals surface area (Å²) in [6, 6.07) is 9.13. The fourth-order valence-electron chi connectivity index (χ4n) is 3.19. The Morgan fingerprint density at radius 3 is 2.65 bits per heavy atom. The maximum Gasteiger partial charge on any atom is 0.0635 e. The smallest absolute Gasteiger partial charge is 0.0635 e. The molecular weight excluding hydrogens is 264 g/mol. The zero-order chi connectivity index (χ0) is 13.9. The molecule has 1 atom stereocenters. The van der Waals surface area contributed by atoms with E-state index in [4.69, 9.17) is 0 Å². The fourth-order valence-corrected chi connectivity index (χ4v) is 4.06. The zero-order valence-electron chi connectivity index (χ0n) is 12.2. The molecule has 2 heterocycles. The van der Waals surface area contributed by atoms with Crippen LogP contribution in [0.5, 0.6) is 0 Å². The number of pyridine rings is 1. The summed E-state index contributed by atoms with van der Waals surface area (Å²) in [6.45, 7) is 4.14. The van der Waals surface area contributed by atoms with Crippen LogP contribution < -0.4 is 5.32 Å². The van der Waals surface area contributed by atoms with Crippen LogP contribution in [0.1, 0.15) is 48.0 Å². The predicted octanol–water partition coefficient (Wildman–Crippen LogP) is 5.10. The molecular formula is C17H22N2S. The van der Waals surface area contributed by atoms with E-state index >= 15 is 0 Å². The van der Waals surface area contributed by atoms with Gasteiger partial charge in [-0.3, -0.25) is 4.98 Å². The summed E-state index contributed by atoms with van der Waals surface area (Å²) < 4.78 is 0. The lowest BCUT2D eigenvalue weighted by molar-refractivity contribution is 0.475. The molecule has 0 aromatic carbocycles. The van der Waals surface area contributed by atoms with Gasteiger partial charge in [0.05, 0.1) is 17.4 Å². The minimum atomic E-state index is 0.445. The van der Waals surface area contributed by atoms with Gasteiger partial charge >= 0.3 is 0 Å². The zero-order valence-corrected chi connectivity index (χ0v) is 13.0. The van der Waals surface area contributed by atoms with Crippen molar-refractivity contribution in [3.8, 4) is 0 Å². The number of nitrogens with zero attached hydrogens (tertiary/aromatic N) is 1. The Bertz CT molecular complexity index is 556. The number of nitrogens with one attached hydrogen (secondary N) is 1. The summed E-state index contributed by atoms with van der Waals surface area (Å²) in [5.74, 6) is 0.759. The SMILES string of the molecule is Cc1ccc(NC(c2cccs2)C2CCCC2)c(C)n1.